The van der Waals surface area contributed by atoms with E-state index in [1.807, 2.05) is 11.7 Å². The predicted molar refractivity (Wildman–Crippen MR) is 65.8 cm³/mol. The molecule has 6 heteroatoms. The van der Waals surface area contributed by atoms with Gasteiger partial charge in [0.05, 0.1) is 15.9 Å². The predicted octanol–water partition coefficient (Wildman–Crippen LogP) is 0.710. The van der Waals surface area contributed by atoms with E-state index in [1.54, 1.807) is 0 Å². The van der Waals surface area contributed by atoms with Crippen molar-refractivity contribution in [1.82, 2.24) is 15.1 Å². The lowest BCUT2D eigenvalue weighted by Gasteiger charge is -2.04. The second-order valence-electron chi connectivity index (χ2n) is 3.58. The highest BCUT2D eigenvalue weighted by molar-refractivity contribution is 9.10. The van der Waals surface area contributed by atoms with Crippen molar-refractivity contribution in [2.24, 2.45) is 12.8 Å². The maximum absolute atomic E-state index is 10.6. The van der Waals surface area contributed by atoms with Crippen molar-refractivity contribution < 1.29 is 4.79 Å². The lowest BCUT2D eigenvalue weighted by atomic mass is 10.3. The highest BCUT2D eigenvalue weighted by Gasteiger charge is 2.11. The summed E-state index contributed by atoms with van der Waals surface area (Å²) in [4.78, 5) is 10.6. The number of amides is 1. The number of nitrogens with zero attached hydrogens (tertiary/aromatic N) is 2. The van der Waals surface area contributed by atoms with Crippen LogP contribution >= 0.6 is 15.9 Å². The minimum absolute atomic E-state index is 0.286. The van der Waals surface area contributed by atoms with Crippen LogP contribution in [0.5, 0.6) is 0 Å². The number of nitrogens with two attached hydrogens (primary N) is 1. The fraction of sp³-hybridized carbons (Fsp3) is 0.600. The van der Waals surface area contributed by atoms with Crippen LogP contribution in [-0.2, 0) is 24.8 Å². The Bertz CT molecular complexity index is 375. The zero-order chi connectivity index (χ0) is 12.1. The summed E-state index contributed by atoms with van der Waals surface area (Å²) in [7, 11) is 1.91. The van der Waals surface area contributed by atoms with Crippen molar-refractivity contribution in [3.8, 4) is 0 Å². The van der Waals surface area contributed by atoms with Crippen LogP contribution < -0.4 is 11.1 Å². The Hall–Kier alpha value is -0.880. The summed E-state index contributed by atoms with van der Waals surface area (Å²) in [6.45, 7) is 3.34. The molecule has 1 heterocycles. The summed E-state index contributed by atoms with van der Waals surface area (Å²) in [5.41, 5.74) is 7.19. The van der Waals surface area contributed by atoms with E-state index in [1.165, 1.54) is 0 Å². The molecule has 3 N–H and O–H groups in total. The van der Waals surface area contributed by atoms with Gasteiger partial charge in [-0.2, -0.15) is 5.10 Å². The molecule has 0 aromatic carbocycles. The topological polar surface area (TPSA) is 72.9 Å². The van der Waals surface area contributed by atoms with Gasteiger partial charge in [0.1, 0.15) is 0 Å². The summed E-state index contributed by atoms with van der Waals surface area (Å²) < 4.78 is 2.89. The van der Waals surface area contributed by atoms with Crippen molar-refractivity contribution in [3.05, 3.63) is 15.9 Å². The van der Waals surface area contributed by atoms with Crippen LogP contribution in [0.25, 0.3) is 0 Å². The van der Waals surface area contributed by atoms with Crippen molar-refractivity contribution in [3.63, 3.8) is 0 Å². The molecule has 1 aromatic heterocycles. The molecule has 16 heavy (non-hydrogen) atoms. The first-order valence-corrected chi connectivity index (χ1v) is 6.04. The van der Waals surface area contributed by atoms with Crippen LogP contribution in [0, 0.1) is 0 Å². The number of halogens is 1. The lowest BCUT2D eigenvalue weighted by Crippen LogP contribution is -2.22. The van der Waals surface area contributed by atoms with Gasteiger partial charge < -0.3 is 11.1 Å². The van der Waals surface area contributed by atoms with Gasteiger partial charge in [0.15, 0.2) is 0 Å². The molecule has 0 aliphatic carbocycles. The largest absolute Gasteiger partial charge is 0.370 e. The van der Waals surface area contributed by atoms with Crippen LogP contribution in [0.15, 0.2) is 4.47 Å². The van der Waals surface area contributed by atoms with E-state index in [2.05, 4.69) is 33.3 Å². The number of primary amides is 1. The normalized spacial score (nSPS) is 10.7. The van der Waals surface area contributed by atoms with Crippen LogP contribution in [0.4, 0.5) is 0 Å². The first-order chi connectivity index (χ1) is 7.56. The molecule has 1 rings (SSSR count). The van der Waals surface area contributed by atoms with E-state index in [0.29, 0.717) is 19.5 Å². The molecule has 0 saturated carbocycles. The molecule has 0 aliphatic heterocycles. The summed E-state index contributed by atoms with van der Waals surface area (Å²) in [5, 5.41) is 7.54. The fourth-order valence-electron chi connectivity index (χ4n) is 1.43. The number of hydrogen-bond acceptors (Lipinski definition) is 3. The van der Waals surface area contributed by atoms with Gasteiger partial charge in [0.25, 0.3) is 0 Å². The standard InChI is InChI=1S/C10H17BrN4O/c1-3-7-10(11)8(15(2)14-7)6-13-5-4-9(12)16/h13H,3-6H2,1-2H3,(H2,12,16). The smallest absolute Gasteiger partial charge is 0.218 e. The third kappa shape index (κ3) is 3.31. The van der Waals surface area contributed by atoms with Gasteiger partial charge in [0, 0.05) is 26.6 Å². The fourth-order valence-corrected chi connectivity index (χ4v) is 2.19. The van der Waals surface area contributed by atoms with Gasteiger partial charge in [-0.1, -0.05) is 6.92 Å². The zero-order valence-electron chi connectivity index (χ0n) is 9.59. The minimum Gasteiger partial charge on any atom is -0.370 e. The molecule has 0 bridgehead atoms. The maximum Gasteiger partial charge on any atom is 0.218 e. The molecule has 0 fully saturated rings. The van der Waals surface area contributed by atoms with Gasteiger partial charge >= 0.3 is 0 Å². The molecular weight excluding hydrogens is 272 g/mol. The van der Waals surface area contributed by atoms with E-state index in [4.69, 9.17) is 5.73 Å². The second kappa shape index (κ2) is 6.00. The molecule has 0 spiro atoms. The van der Waals surface area contributed by atoms with Gasteiger partial charge in [-0.05, 0) is 22.4 Å². The van der Waals surface area contributed by atoms with Crippen molar-refractivity contribution in [1.29, 1.82) is 0 Å². The first kappa shape index (κ1) is 13.2. The van der Waals surface area contributed by atoms with E-state index < -0.39 is 0 Å². The summed E-state index contributed by atoms with van der Waals surface area (Å²) in [5.74, 6) is -0.286. The molecule has 0 atom stereocenters. The number of hydrogen-bond donors (Lipinski definition) is 2. The van der Waals surface area contributed by atoms with Crippen LogP contribution in [0.1, 0.15) is 24.7 Å². The summed E-state index contributed by atoms with van der Waals surface area (Å²) in [6.07, 6.45) is 1.26. The van der Waals surface area contributed by atoms with Gasteiger partial charge in [0.2, 0.25) is 5.91 Å². The maximum atomic E-state index is 10.6. The second-order valence-corrected chi connectivity index (χ2v) is 4.37. The number of aryl methyl sites for hydroxylation is 2. The zero-order valence-corrected chi connectivity index (χ0v) is 11.2. The van der Waals surface area contributed by atoms with Crippen molar-refractivity contribution in [2.45, 2.75) is 26.3 Å². The van der Waals surface area contributed by atoms with E-state index in [0.717, 1.165) is 22.3 Å². The van der Waals surface area contributed by atoms with Crippen LogP contribution in [0.3, 0.4) is 0 Å². The molecule has 0 saturated heterocycles. The van der Waals surface area contributed by atoms with E-state index in [-0.39, 0.29) is 5.91 Å². The van der Waals surface area contributed by atoms with E-state index in [9.17, 15) is 4.79 Å². The Morgan fingerprint density at radius 2 is 2.31 bits per heavy atom. The van der Waals surface area contributed by atoms with Crippen LogP contribution in [0.2, 0.25) is 0 Å². The average Bonchev–Trinajstić information content (AvgIpc) is 2.50. The van der Waals surface area contributed by atoms with Gasteiger partial charge in [-0.25, -0.2) is 0 Å². The first-order valence-electron chi connectivity index (χ1n) is 5.25. The van der Waals surface area contributed by atoms with Crippen LogP contribution in [-0.4, -0.2) is 22.2 Å². The van der Waals surface area contributed by atoms with E-state index >= 15 is 0 Å². The number of rotatable bonds is 6. The quantitative estimate of drug-likeness (QED) is 0.758. The summed E-state index contributed by atoms with van der Waals surface area (Å²) >= 11 is 3.53. The van der Waals surface area contributed by atoms with Gasteiger partial charge in [-0.3, -0.25) is 9.48 Å². The van der Waals surface area contributed by atoms with Crippen molar-refractivity contribution in [2.75, 3.05) is 6.54 Å². The molecule has 0 aliphatic rings. The molecule has 1 aromatic rings. The highest BCUT2D eigenvalue weighted by Crippen LogP contribution is 2.21. The van der Waals surface area contributed by atoms with Gasteiger partial charge in [-0.15, -0.1) is 0 Å². The number of aromatic nitrogens is 2. The Morgan fingerprint density at radius 3 is 2.81 bits per heavy atom. The summed E-state index contributed by atoms with van der Waals surface area (Å²) in [6, 6.07) is 0. The Kier molecular flexibility index (Phi) is 4.95. The third-order valence-electron chi connectivity index (χ3n) is 2.34. The highest BCUT2D eigenvalue weighted by atomic mass is 79.9. The molecular formula is C10H17BrN4O. The lowest BCUT2D eigenvalue weighted by molar-refractivity contribution is -0.117. The Morgan fingerprint density at radius 1 is 1.62 bits per heavy atom. The number of carbonyl (C=O) groups excluding carboxylic acids is 1. The third-order valence-corrected chi connectivity index (χ3v) is 3.26. The monoisotopic (exact) mass is 288 g/mol. The Labute approximate surface area is 104 Å². The Balaban J connectivity index is 2.53. The molecule has 90 valence electrons. The molecule has 0 radical (unpaired) electrons. The SMILES string of the molecule is CCc1nn(C)c(CNCCC(N)=O)c1Br. The number of carbonyl (C=O) groups is 1. The molecule has 5 nitrogen and oxygen atoms in total. The average molecular weight is 289 g/mol. The van der Waals surface area contributed by atoms with Crippen molar-refractivity contribution >= 4 is 21.8 Å². The molecule has 0 unspecified atom stereocenters. The number of nitrogens with one attached hydrogen (secondary N) is 1. The molecule has 1 amide bonds. The minimum atomic E-state index is -0.286.